The molecule has 6 nitrogen and oxygen atoms in total. The summed E-state index contributed by atoms with van der Waals surface area (Å²) in [6, 6.07) is 10.3. The maximum atomic E-state index is 13.0. The van der Waals surface area contributed by atoms with Gasteiger partial charge in [-0.25, -0.2) is 4.99 Å². The number of nitrogens with zero attached hydrogens (tertiary/aromatic N) is 3. The molecule has 1 aliphatic carbocycles. The molecular formula is C24H34N4O2. The van der Waals surface area contributed by atoms with E-state index in [4.69, 9.17) is 5.73 Å². The predicted molar refractivity (Wildman–Crippen MR) is 118 cm³/mol. The monoisotopic (exact) mass is 410 g/mol. The van der Waals surface area contributed by atoms with Crippen LogP contribution in [-0.4, -0.2) is 52.7 Å². The van der Waals surface area contributed by atoms with Crippen LogP contribution in [0.15, 0.2) is 35.3 Å². The Morgan fingerprint density at radius 3 is 2.53 bits per heavy atom. The molecule has 0 aromatic heterocycles. The smallest absolute Gasteiger partial charge is 0.257 e. The van der Waals surface area contributed by atoms with Crippen LogP contribution < -0.4 is 5.73 Å². The van der Waals surface area contributed by atoms with E-state index in [0.29, 0.717) is 42.6 Å². The predicted octanol–water partition coefficient (Wildman–Crippen LogP) is 2.99. The van der Waals surface area contributed by atoms with E-state index < -0.39 is 5.54 Å². The van der Waals surface area contributed by atoms with Gasteiger partial charge < -0.3 is 10.6 Å². The molecule has 0 bridgehead atoms. The Morgan fingerprint density at radius 1 is 1.23 bits per heavy atom. The van der Waals surface area contributed by atoms with Crippen LogP contribution in [-0.2, 0) is 9.59 Å². The van der Waals surface area contributed by atoms with Gasteiger partial charge in [0.15, 0.2) is 5.96 Å². The van der Waals surface area contributed by atoms with Gasteiger partial charge in [0.2, 0.25) is 5.91 Å². The molecule has 3 atom stereocenters. The summed E-state index contributed by atoms with van der Waals surface area (Å²) in [4.78, 5) is 34.1. The standard InChI is InChI=1S/C24H34N4O2/c1-16(2)14-24(3)22(30)28(23(25)26-24)15-17-9-11-27(12-10-17)21(29)20-13-19(20)18-7-5-4-6-8-18/h4-8,16-17,19-20H,9-15H2,1-3H3,(H2,25,26)/t19-,20+,24?/m0/s1. The average Bonchev–Trinajstić information content (AvgIpc) is 3.48. The molecular weight excluding hydrogens is 376 g/mol. The third-order valence-electron chi connectivity index (χ3n) is 6.85. The van der Waals surface area contributed by atoms with Gasteiger partial charge >= 0.3 is 0 Å². The minimum absolute atomic E-state index is 0.0240. The van der Waals surface area contributed by atoms with Crippen molar-refractivity contribution >= 4 is 17.8 Å². The molecule has 30 heavy (non-hydrogen) atoms. The average molecular weight is 411 g/mol. The normalized spacial score (nSPS) is 29.5. The van der Waals surface area contributed by atoms with Crippen LogP contribution in [0.5, 0.6) is 0 Å². The van der Waals surface area contributed by atoms with Crippen molar-refractivity contribution in [2.45, 2.75) is 57.9 Å². The fraction of sp³-hybridized carbons (Fsp3) is 0.625. The van der Waals surface area contributed by atoms with Gasteiger partial charge in [-0.2, -0.15) is 0 Å². The molecule has 2 heterocycles. The van der Waals surface area contributed by atoms with Crippen molar-refractivity contribution in [3.05, 3.63) is 35.9 Å². The SMILES string of the molecule is CC(C)CC1(C)N=C(N)N(CC2CCN(C(=O)[C@@H]3C[C@H]3c3ccccc3)CC2)C1=O. The van der Waals surface area contributed by atoms with Gasteiger partial charge in [0.1, 0.15) is 5.54 Å². The topological polar surface area (TPSA) is 79.0 Å². The minimum atomic E-state index is -0.729. The van der Waals surface area contributed by atoms with Crippen LogP contribution >= 0.6 is 0 Å². The van der Waals surface area contributed by atoms with Crippen LogP contribution in [0.3, 0.4) is 0 Å². The lowest BCUT2D eigenvalue weighted by molar-refractivity contribution is -0.135. The molecule has 1 unspecified atom stereocenters. The highest BCUT2D eigenvalue weighted by Gasteiger charge is 2.47. The van der Waals surface area contributed by atoms with E-state index in [1.165, 1.54) is 5.56 Å². The van der Waals surface area contributed by atoms with E-state index in [9.17, 15) is 9.59 Å². The maximum Gasteiger partial charge on any atom is 0.257 e. The van der Waals surface area contributed by atoms with E-state index in [1.54, 1.807) is 4.90 Å². The number of carbonyl (C=O) groups is 2. The largest absolute Gasteiger partial charge is 0.369 e. The van der Waals surface area contributed by atoms with Crippen molar-refractivity contribution < 1.29 is 9.59 Å². The lowest BCUT2D eigenvalue weighted by Gasteiger charge is -2.34. The number of hydrogen-bond acceptors (Lipinski definition) is 4. The fourth-order valence-corrected chi connectivity index (χ4v) is 5.23. The number of aliphatic imine (C=N–C) groups is 1. The second-order valence-electron chi connectivity index (χ2n) is 9.89. The lowest BCUT2D eigenvalue weighted by Crippen LogP contribution is -2.48. The van der Waals surface area contributed by atoms with Crippen molar-refractivity contribution in [3.63, 3.8) is 0 Å². The molecule has 1 aromatic rings. The quantitative estimate of drug-likeness (QED) is 0.783. The molecule has 1 saturated heterocycles. The second kappa shape index (κ2) is 8.05. The number of rotatable bonds is 6. The number of guanidine groups is 1. The van der Waals surface area contributed by atoms with Gasteiger partial charge in [-0.15, -0.1) is 0 Å². The summed E-state index contributed by atoms with van der Waals surface area (Å²) in [7, 11) is 0. The van der Waals surface area contributed by atoms with Crippen LogP contribution in [0.25, 0.3) is 0 Å². The first-order chi connectivity index (χ1) is 14.3. The maximum absolute atomic E-state index is 13.0. The summed E-state index contributed by atoms with van der Waals surface area (Å²) in [5, 5.41) is 0. The molecule has 2 amide bonds. The number of likely N-dealkylation sites (tertiary alicyclic amines) is 1. The van der Waals surface area contributed by atoms with Crippen LogP contribution in [0, 0.1) is 17.8 Å². The van der Waals surface area contributed by atoms with Gasteiger partial charge in [-0.05, 0) is 55.9 Å². The Kier molecular flexibility index (Phi) is 5.60. The highest BCUT2D eigenvalue weighted by molar-refractivity contribution is 6.06. The second-order valence-corrected chi connectivity index (χ2v) is 9.89. The number of hydrogen-bond donors (Lipinski definition) is 1. The molecule has 0 spiro atoms. The molecule has 4 rings (SSSR count). The Labute approximate surface area is 179 Å². The van der Waals surface area contributed by atoms with Crippen molar-refractivity contribution in [3.8, 4) is 0 Å². The number of carbonyl (C=O) groups excluding carboxylic acids is 2. The zero-order chi connectivity index (χ0) is 21.5. The third kappa shape index (κ3) is 4.09. The summed E-state index contributed by atoms with van der Waals surface area (Å²) in [6.07, 6.45) is 3.49. The summed E-state index contributed by atoms with van der Waals surface area (Å²) in [5.74, 6) is 1.94. The molecule has 2 N–H and O–H groups in total. The number of piperidine rings is 1. The summed E-state index contributed by atoms with van der Waals surface area (Å²) >= 11 is 0. The van der Waals surface area contributed by atoms with E-state index in [1.807, 2.05) is 30.0 Å². The van der Waals surface area contributed by atoms with Crippen molar-refractivity contribution in [1.29, 1.82) is 0 Å². The Hall–Kier alpha value is -2.37. The summed E-state index contributed by atoms with van der Waals surface area (Å²) in [6.45, 7) is 8.24. The highest BCUT2D eigenvalue weighted by atomic mass is 16.2. The third-order valence-corrected chi connectivity index (χ3v) is 6.85. The van der Waals surface area contributed by atoms with Gasteiger partial charge in [-0.1, -0.05) is 44.2 Å². The minimum Gasteiger partial charge on any atom is -0.369 e. The van der Waals surface area contributed by atoms with Gasteiger partial charge in [-0.3, -0.25) is 14.5 Å². The van der Waals surface area contributed by atoms with Gasteiger partial charge in [0, 0.05) is 25.6 Å². The van der Waals surface area contributed by atoms with Gasteiger partial charge in [0.25, 0.3) is 5.91 Å². The van der Waals surface area contributed by atoms with Gasteiger partial charge in [0.05, 0.1) is 0 Å². The summed E-state index contributed by atoms with van der Waals surface area (Å²) < 4.78 is 0. The molecule has 1 saturated carbocycles. The molecule has 1 aromatic carbocycles. The van der Waals surface area contributed by atoms with Crippen molar-refractivity contribution in [2.75, 3.05) is 19.6 Å². The molecule has 6 heteroatoms. The first-order valence-electron chi connectivity index (χ1n) is 11.3. The summed E-state index contributed by atoms with van der Waals surface area (Å²) in [5.41, 5.74) is 6.67. The molecule has 3 aliphatic rings. The van der Waals surface area contributed by atoms with E-state index in [-0.39, 0.29) is 11.8 Å². The zero-order valence-electron chi connectivity index (χ0n) is 18.4. The first-order valence-corrected chi connectivity index (χ1v) is 11.3. The van der Waals surface area contributed by atoms with Crippen LogP contribution in [0.1, 0.15) is 57.9 Å². The molecule has 0 radical (unpaired) electrons. The lowest BCUT2D eigenvalue weighted by atomic mass is 9.90. The van der Waals surface area contributed by atoms with Crippen LogP contribution in [0.4, 0.5) is 0 Å². The van der Waals surface area contributed by atoms with Crippen LogP contribution in [0.2, 0.25) is 0 Å². The fourth-order valence-electron chi connectivity index (χ4n) is 5.23. The molecule has 2 fully saturated rings. The Morgan fingerprint density at radius 2 is 1.90 bits per heavy atom. The van der Waals surface area contributed by atoms with E-state index >= 15 is 0 Å². The first kappa shape index (κ1) is 20.9. The van der Waals surface area contributed by atoms with E-state index in [2.05, 4.69) is 31.0 Å². The van der Waals surface area contributed by atoms with Crippen molar-refractivity contribution in [2.24, 2.45) is 28.5 Å². The molecule has 162 valence electrons. The Bertz CT molecular complexity index is 829. The Balaban J connectivity index is 1.28. The highest BCUT2D eigenvalue weighted by Crippen LogP contribution is 2.48. The number of amides is 2. The molecule has 2 aliphatic heterocycles. The number of benzene rings is 1. The zero-order valence-corrected chi connectivity index (χ0v) is 18.4. The van der Waals surface area contributed by atoms with E-state index in [0.717, 1.165) is 32.4 Å². The van der Waals surface area contributed by atoms with Crippen molar-refractivity contribution in [1.82, 2.24) is 9.80 Å². The number of nitrogens with two attached hydrogens (primary N) is 1.